The molecule has 158 valence electrons. The van der Waals surface area contributed by atoms with E-state index in [9.17, 15) is 9.59 Å². The van der Waals surface area contributed by atoms with Crippen LogP contribution in [0.15, 0.2) is 29.1 Å². The van der Waals surface area contributed by atoms with Crippen LogP contribution in [0.25, 0.3) is 0 Å². The first-order chi connectivity index (χ1) is 14.5. The van der Waals surface area contributed by atoms with Gasteiger partial charge in [-0.1, -0.05) is 19.3 Å². The van der Waals surface area contributed by atoms with Crippen molar-refractivity contribution in [2.24, 2.45) is 0 Å². The first-order valence-corrected chi connectivity index (χ1v) is 10.6. The van der Waals surface area contributed by atoms with Gasteiger partial charge in [-0.3, -0.25) is 9.59 Å². The Morgan fingerprint density at radius 2 is 1.90 bits per heavy atom. The molecule has 0 radical (unpaired) electrons. The molecule has 8 heteroatoms. The van der Waals surface area contributed by atoms with Crippen molar-refractivity contribution in [3.8, 4) is 0 Å². The second-order valence-electron chi connectivity index (χ2n) is 8.17. The standard InChI is InChI=1S/C22H28N6O2/c1-14(29)24-17-7-9-18(10-8-17)28-12-15(13-28)20-26-21(19(11-23)22(30)27-20)25-16-5-3-2-4-6-16/h7-11,15-16,23H,2-6,12-13H2,1H3,(H,24,29)(H2,25,26,27,30). The second kappa shape index (κ2) is 8.69. The summed E-state index contributed by atoms with van der Waals surface area (Å²) in [7, 11) is 0. The third-order valence-electron chi connectivity index (χ3n) is 5.89. The number of benzene rings is 1. The number of hydrogen-bond acceptors (Lipinski definition) is 6. The molecule has 0 unspecified atom stereocenters. The molecule has 1 aromatic heterocycles. The van der Waals surface area contributed by atoms with E-state index in [0.717, 1.165) is 43.5 Å². The van der Waals surface area contributed by atoms with E-state index in [1.54, 1.807) is 0 Å². The minimum Gasteiger partial charge on any atom is -0.370 e. The van der Waals surface area contributed by atoms with Gasteiger partial charge in [0.1, 0.15) is 11.6 Å². The Morgan fingerprint density at radius 1 is 1.20 bits per heavy atom. The SMILES string of the molecule is CC(=O)Nc1ccc(N2CC(c3nc(NC4CCCCC4)c(C=N)c(=O)[nH]3)C2)cc1. The summed E-state index contributed by atoms with van der Waals surface area (Å²) in [6.45, 7) is 3.01. The largest absolute Gasteiger partial charge is 0.370 e. The van der Waals surface area contributed by atoms with Crippen molar-refractivity contribution in [3.63, 3.8) is 0 Å². The van der Waals surface area contributed by atoms with Gasteiger partial charge in [-0.15, -0.1) is 0 Å². The summed E-state index contributed by atoms with van der Waals surface area (Å²) in [5, 5.41) is 13.8. The molecule has 4 rings (SSSR count). The van der Waals surface area contributed by atoms with Gasteiger partial charge in [-0.2, -0.15) is 0 Å². The normalized spacial score (nSPS) is 17.3. The molecule has 0 atom stereocenters. The van der Waals surface area contributed by atoms with Crippen LogP contribution in [0.3, 0.4) is 0 Å². The Hall–Kier alpha value is -3.16. The van der Waals surface area contributed by atoms with Crippen LogP contribution in [0.1, 0.15) is 56.3 Å². The Bertz CT molecular complexity index is 972. The minimum absolute atomic E-state index is 0.0900. The van der Waals surface area contributed by atoms with Crippen LogP contribution in [-0.4, -0.2) is 41.2 Å². The molecule has 30 heavy (non-hydrogen) atoms. The molecule has 2 aromatic rings. The maximum Gasteiger partial charge on any atom is 0.261 e. The van der Waals surface area contributed by atoms with Crippen LogP contribution >= 0.6 is 0 Å². The molecule has 1 amide bonds. The summed E-state index contributed by atoms with van der Waals surface area (Å²) in [6.07, 6.45) is 6.87. The van der Waals surface area contributed by atoms with Crippen LogP contribution in [0, 0.1) is 5.41 Å². The van der Waals surface area contributed by atoms with Gasteiger partial charge < -0.3 is 25.9 Å². The lowest BCUT2D eigenvalue weighted by Crippen LogP contribution is -2.46. The second-order valence-corrected chi connectivity index (χ2v) is 8.17. The highest BCUT2D eigenvalue weighted by atomic mass is 16.1. The highest BCUT2D eigenvalue weighted by molar-refractivity contribution is 5.88. The summed E-state index contributed by atoms with van der Waals surface area (Å²) in [5.74, 6) is 1.26. The van der Waals surface area contributed by atoms with E-state index in [-0.39, 0.29) is 17.4 Å². The summed E-state index contributed by atoms with van der Waals surface area (Å²) >= 11 is 0. The first kappa shape index (κ1) is 20.1. The van der Waals surface area contributed by atoms with E-state index in [1.807, 2.05) is 24.3 Å². The van der Waals surface area contributed by atoms with Gasteiger partial charge in [-0.25, -0.2) is 4.98 Å². The number of anilines is 3. The maximum atomic E-state index is 12.5. The molecule has 1 saturated carbocycles. The molecule has 1 aromatic carbocycles. The Labute approximate surface area is 175 Å². The number of H-pyrrole nitrogens is 1. The van der Waals surface area contributed by atoms with Crippen LogP contribution < -0.4 is 21.1 Å². The number of aromatic nitrogens is 2. The Kier molecular flexibility index (Phi) is 5.83. The monoisotopic (exact) mass is 408 g/mol. The number of hydrogen-bond donors (Lipinski definition) is 4. The van der Waals surface area contributed by atoms with Crippen molar-refractivity contribution in [2.75, 3.05) is 28.6 Å². The van der Waals surface area contributed by atoms with E-state index in [2.05, 4.69) is 20.5 Å². The first-order valence-electron chi connectivity index (χ1n) is 10.6. The van der Waals surface area contributed by atoms with E-state index < -0.39 is 0 Å². The molecule has 1 aliphatic heterocycles. The van der Waals surface area contributed by atoms with Crippen molar-refractivity contribution >= 4 is 29.3 Å². The fourth-order valence-corrected chi connectivity index (χ4v) is 4.20. The Morgan fingerprint density at radius 3 is 2.53 bits per heavy atom. The zero-order chi connectivity index (χ0) is 21.1. The maximum absolute atomic E-state index is 12.5. The van der Waals surface area contributed by atoms with Crippen LogP contribution in [0.2, 0.25) is 0 Å². The third kappa shape index (κ3) is 4.37. The molecule has 8 nitrogen and oxygen atoms in total. The highest BCUT2D eigenvalue weighted by Gasteiger charge is 2.31. The average Bonchev–Trinajstić information content (AvgIpc) is 2.68. The molecular weight excluding hydrogens is 380 g/mol. The van der Waals surface area contributed by atoms with Gasteiger partial charge in [0.15, 0.2) is 0 Å². The summed E-state index contributed by atoms with van der Waals surface area (Å²) in [6, 6.07) is 8.04. The van der Waals surface area contributed by atoms with Gasteiger partial charge in [0.25, 0.3) is 5.56 Å². The smallest absolute Gasteiger partial charge is 0.261 e. The number of rotatable bonds is 6. The zero-order valence-corrected chi connectivity index (χ0v) is 17.2. The van der Waals surface area contributed by atoms with Crippen molar-refractivity contribution < 1.29 is 4.79 Å². The van der Waals surface area contributed by atoms with Gasteiger partial charge in [0.2, 0.25) is 5.91 Å². The van der Waals surface area contributed by atoms with Crippen molar-refractivity contribution in [1.29, 1.82) is 5.41 Å². The van der Waals surface area contributed by atoms with Crippen molar-refractivity contribution in [2.45, 2.75) is 51.0 Å². The average molecular weight is 409 g/mol. The lowest BCUT2D eigenvalue weighted by Gasteiger charge is -2.40. The van der Waals surface area contributed by atoms with E-state index in [1.165, 1.54) is 26.2 Å². The molecule has 1 aliphatic carbocycles. The number of nitrogens with one attached hydrogen (secondary N) is 4. The zero-order valence-electron chi connectivity index (χ0n) is 17.2. The van der Waals surface area contributed by atoms with E-state index in [4.69, 9.17) is 10.4 Å². The van der Waals surface area contributed by atoms with Gasteiger partial charge >= 0.3 is 0 Å². The molecule has 2 heterocycles. The van der Waals surface area contributed by atoms with Crippen molar-refractivity contribution in [1.82, 2.24) is 9.97 Å². The predicted octanol–water partition coefficient (Wildman–Crippen LogP) is 3.07. The van der Waals surface area contributed by atoms with Crippen LogP contribution in [0.5, 0.6) is 0 Å². The summed E-state index contributed by atoms with van der Waals surface area (Å²) in [5.41, 5.74) is 1.88. The van der Waals surface area contributed by atoms with E-state index in [0.29, 0.717) is 23.2 Å². The number of aromatic amines is 1. The topological polar surface area (TPSA) is 114 Å². The van der Waals surface area contributed by atoms with Crippen LogP contribution in [0.4, 0.5) is 17.2 Å². The predicted molar refractivity (Wildman–Crippen MR) is 119 cm³/mol. The molecule has 0 bridgehead atoms. The number of amides is 1. The van der Waals surface area contributed by atoms with Gasteiger partial charge in [0, 0.05) is 43.6 Å². The molecular formula is C22H28N6O2. The summed E-state index contributed by atoms with van der Waals surface area (Å²) in [4.78, 5) is 33.5. The van der Waals surface area contributed by atoms with E-state index >= 15 is 0 Å². The lowest BCUT2D eigenvalue weighted by atomic mass is 9.95. The van der Waals surface area contributed by atoms with Gasteiger partial charge in [0.05, 0.1) is 11.5 Å². The molecule has 2 aliphatic rings. The molecule has 2 fully saturated rings. The van der Waals surface area contributed by atoms with Crippen LogP contribution in [-0.2, 0) is 4.79 Å². The Balaban J connectivity index is 1.45. The number of carbonyl (C=O) groups excluding carboxylic acids is 1. The number of nitrogens with zero attached hydrogens (tertiary/aromatic N) is 2. The molecule has 0 spiro atoms. The summed E-state index contributed by atoms with van der Waals surface area (Å²) < 4.78 is 0. The minimum atomic E-state index is -0.258. The fourth-order valence-electron chi connectivity index (χ4n) is 4.20. The number of carbonyl (C=O) groups is 1. The molecule has 4 N–H and O–H groups in total. The quantitative estimate of drug-likeness (QED) is 0.549. The fraction of sp³-hybridized carbons (Fsp3) is 0.455. The third-order valence-corrected chi connectivity index (χ3v) is 5.89. The molecule has 1 saturated heterocycles. The van der Waals surface area contributed by atoms with Gasteiger partial charge in [-0.05, 0) is 37.1 Å². The highest BCUT2D eigenvalue weighted by Crippen LogP contribution is 2.31. The lowest BCUT2D eigenvalue weighted by molar-refractivity contribution is -0.114. The van der Waals surface area contributed by atoms with Crippen molar-refractivity contribution in [3.05, 3.63) is 46.0 Å².